The molecule has 2 amide bonds. The molecule has 3 rings (SSSR count). The molecular formula is C19H24N4O2S. The van der Waals surface area contributed by atoms with Gasteiger partial charge >= 0.3 is 0 Å². The van der Waals surface area contributed by atoms with Crippen LogP contribution in [0.4, 0.5) is 0 Å². The Morgan fingerprint density at radius 2 is 2.12 bits per heavy atom. The van der Waals surface area contributed by atoms with Gasteiger partial charge in [-0.3, -0.25) is 9.59 Å². The Hall–Kier alpha value is -2.28. The van der Waals surface area contributed by atoms with Crippen molar-refractivity contribution in [3.05, 3.63) is 46.5 Å². The van der Waals surface area contributed by atoms with Crippen molar-refractivity contribution in [3.8, 4) is 0 Å². The molecule has 1 N–H and O–H groups in total. The van der Waals surface area contributed by atoms with Crippen LogP contribution in [-0.4, -0.2) is 45.4 Å². The Labute approximate surface area is 157 Å². The van der Waals surface area contributed by atoms with Crippen LogP contribution in [-0.2, 0) is 11.2 Å². The molecule has 0 radical (unpaired) electrons. The molecular weight excluding hydrogens is 348 g/mol. The van der Waals surface area contributed by atoms with Crippen LogP contribution >= 0.6 is 11.5 Å². The Kier molecular flexibility index (Phi) is 6.33. The average molecular weight is 372 g/mol. The Bertz CT molecular complexity index is 742. The van der Waals surface area contributed by atoms with E-state index >= 15 is 0 Å². The number of nitrogens with one attached hydrogen (secondary N) is 1. The van der Waals surface area contributed by atoms with Crippen molar-refractivity contribution in [2.75, 3.05) is 13.1 Å². The smallest absolute Gasteiger partial charge is 0.275 e. The summed E-state index contributed by atoms with van der Waals surface area (Å²) >= 11 is 1.14. The molecule has 1 aromatic heterocycles. The molecule has 0 unspecified atom stereocenters. The zero-order chi connectivity index (χ0) is 18.4. The van der Waals surface area contributed by atoms with E-state index in [-0.39, 0.29) is 24.4 Å². The molecule has 2 aromatic rings. The fourth-order valence-corrected chi connectivity index (χ4v) is 3.75. The third-order valence-electron chi connectivity index (χ3n) is 4.67. The highest BCUT2D eigenvalue weighted by Crippen LogP contribution is 2.17. The Morgan fingerprint density at radius 1 is 1.31 bits per heavy atom. The first kappa shape index (κ1) is 18.5. The van der Waals surface area contributed by atoms with Gasteiger partial charge in [-0.05, 0) is 43.3 Å². The number of hydrogen-bond donors (Lipinski definition) is 1. The van der Waals surface area contributed by atoms with Crippen LogP contribution in [0.1, 0.15) is 47.3 Å². The van der Waals surface area contributed by atoms with Gasteiger partial charge in [-0.2, -0.15) is 0 Å². The predicted octanol–water partition coefficient (Wildman–Crippen LogP) is 2.59. The lowest BCUT2D eigenvalue weighted by Gasteiger charge is -2.22. The summed E-state index contributed by atoms with van der Waals surface area (Å²) in [5.41, 5.74) is 2.63. The summed E-state index contributed by atoms with van der Waals surface area (Å²) in [6.07, 6.45) is 5.07. The molecule has 138 valence electrons. The zero-order valence-electron chi connectivity index (χ0n) is 15.0. The number of amides is 2. The molecule has 1 aromatic carbocycles. The number of aromatic nitrogens is 2. The van der Waals surface area contributed by atoms with Crippen LogP contribution in [0.5, 0.6) is 0 Å². The van der Waals surface area contributed by atoms with E-state index in [0.717, 1.165) is 42.8 Å². The third-order valence-corrected chi connectivity index (χ3v) is 5.18. The number of hydrogen-bond acceptors (Lipinski definition) is 5. The van der Waals surface area contributed by atoms with Crippen LogP contribution in [0, 0.1) is 6.92 Å². The monoisotopic (exact) mass is 372 g/mol. The second-order valence-corrected chi connectivity index (χ2v) is 7.41. The molecule has 0 aliphatic heterocycles. The van der Waals surface area contributed by atoms with E-state index in [4.69, 9.17) is 0 Å². The minimum atomic E-state index is -0.243. The van der Waals surface area contributed by atoms with Gasteiger partial charge in [0.15, 0.2) is 5.69 Å². The maximum Gasteiger partial charge on any atom is 0.275 e. The lowest BCUT2D eigenvalue weighted by Crippen LogP contribution is -2.44. The summed E-state index contributed by atoms with van der Waals surface area (Å²) in [5.74, 6) is -0.342. The Balaban J connectivity index is 1.64. The fourth-order valence-electron chi connectivity index (χ4n) is 3.32. The van der Waals surface area contributed by atoms with Gasteiger partial charge in [0.05, 0.1) is 6.54 Å². The van der Waals surface area contributed by atoms with Gasteiger partial charge in [-0.1, -0.05) is 47.2 Å². The van der Waals surface area contributed by atoms with Crippen molar-refractivity contribution in [2.45, 2.75) is 45.1 Å². The first-order valence-electron chi connectivity index (χ1n) is 9.03. The minimum Gasteiger partial charge on any atom is -0.352 e. The topological polar surface area (TPSA) is 75.2 Å². The largest absolute Gasteiger partial charge is 0.352 e. The van der Waals surface area contributed by atoms with Gasteiger partial charge in [0.25, 0.3) is 5.91 Å². The van der Waals surface area contributed by atoms with Crippen LogP contribution in [0.25, 0.3) is 0 Å². The van der Waals surface area contributed by atoms with E-state index in [1.165, 1.54) is 5.56 Å². The van der Waals surface area contributed by atoms with Crippen LogP contribution in [0.15, 0.2) is 29.6 Å². The molecule has 1 saturated carbocycles. The van der Waals surface area contributed by atoms with E-state index in [0.29, 0.717) is 18.7 Å². The molecule has 1 aliphatic carbocycles. The molecule has 0 saturated heterocycles. The van der Waals surface area contributed by atoms with Crippen molar-refractivity contribution >= 4 is 23.3 Å². The predicted molar refractivity (Wildman–Crippen MR) is 101 cm³/mol. The van der Waals surface area contributed by atoms with Crippen molar-refractivity contribution in [3.63, 3.8) is 0 Å². The van der Waals surface area contributed by atoms with Crippen molar-refractivity contribution in [1.29, 1.82) is 0 Å². The molecule has 0 atom stereocenters. The summed E-state index contributed by atoms with van der Waals surface area (Å²) in [5, 5.41) is 8.53. The first-order valence-corrected chi connectivity index (χ1v) is 9.87. The van der Waals surface area contributed by atoms with Crippen molar-refractivity contribution < 1.29 is 9.59 Å². The Morgan fingerprint density at radius 3 is 2.81 bits per heavy atom. The highest BCUT2D eigenvalue weighted by atomic mass is 32.1. The van der Waals surface area contributed by atoms with Gasteiger partial charge in [0.2, 0.25) is 5.91 Å². The lowest BCUT2D eigenvalue weighted by atomic mass is 10.1. The number of nitrogens with zero attached hydrogens (tertiary/aromatic N) is 3. The second kappa shape index (κ2) is 8.89. The van der Waals surface area contributed by atoms with Crippen LogP contribution in [0.2, 0.25) is 0 Å². The van der Waals surface area contributed by atoms with E-state index in [1.807, 2.05) is 25.1 Å². The quantitative estimate of drug-likeness (QED) is 0.811. The maximum atomic E-state index is 12.7. The van der Waals surface area contributed by atoms with E-state index in [2.05, 4.69) is 21.0 Å². The summed E-state index contributed by atoms with van der Waals surface area (Å²) in [4.78, 5) is 26.7. The van der Waals surface area contributed by atoms with Gasteiger partial charge in [0.1, 0.15) is 0 Å². The van der Waals surface area contributed by atoms with Crippen LogP contribution in [0.3, 0.4) is 0 Å². The molecule has 0 bridgehead atoms. The SMILES string of the molecule is Cc1cccc(CCN(CC(=O)NC2CCCC2)C(=O)c2csnn2)c1. The van der Waals surface area contributed by atoms with Gasteiger partial charge in [-0.25, -0.2) is 0 Å². The van der Waals surface area contributed by atoms with Crippen molar-refractivity contribution in [1.82, 2.24) is 19.8 Å². The van der Waals surface area contributed by atoms with Crippen LogP contribution < -0.4 is 5.32 Å². The highest BCUT2D eigenvalue weighted by molar-refractivity contribution is 7.03. The highest BCUT2D eigenvalue weighted by Gasteiger charge is 2.23. The molecule has 26 heavy (non-hydrogen) atoms. The van der Waals surface area contributed by atoms with E-state index in [9.17, 15) is 9.59 Å². The normalized spacial score (nSPS) is 14.3. The number of carbonyl (C=O) groups excluding carboxylic acids is 2. The third kappa shape index (κ3) is 5.11. The van der Waals surface area contributed by atoms with E-state index in [1.54, 1.807) is 10.3 Å². The molecule has 6 nitrogen and oxygen atoms in total. The average Bonchev–Trinajstić information content (AvgIpc) is 3.31. The van der Waals surface area contributed by atoms with Gasteiger partial charge < -0.3 is 10.2 Å². The minimum absolute atomic E-state index is 0.0542. The molecule has 1 aliphatic rings. The number of rotatable bonds is 7. The molecule has 1 fully saturated rings. The number of benzene rings is 1. The number of carbonyl (C=O) groups is 2. The maximum absolute atomic E-state index is 12.7. The summed E-state index contributed by atoms with van der Waals surface area (Å²) in [7, 11) is 0. The zero-order valence-corrected chi connectivity index (χ0v) is 15.8. The summed E-state index contributed by atoms with van der Waals surface area (Å²) in [6.45, 7) is 2.57. The van der Waals surface area contributed by atoms with Gasteiger partial charge in [-0.15, -0.1) is 5.10 Å². The number of aryl methyl sites for hydroxylation is 1. The molecule has 7 heteroatoms. The fraction of sp³-hybridized carbons (Fsp3) is 0.474. The molecule has 1 heterocycles. The summed E-state index contributed by atoms with van der Waals surface area (Å²) in [6, 6.07) is 8.44. The van der Waals surface area contributed by atoms with Crippen molar-refractivity contribution in [2.24, 2.45) is 0 Å². The van der Waals surface area contributed by atoms with E-state index < -0.39 is 0 Å². The summed E-state index contributed by atoms with van der Waals surface area (Å²) < 4.78 is 3.76. The standard InChI is InChI=1S/C19H24N4O2S/c1-14-5-4-6-15(11-14)9-10-23(19(25)17-13-26-22-21-17)12-18(24)20-16-7-2-3-8-16/h4-6,11,13,16H,2-3,7-10,12H2,1H3,(H,20,24). The van der Waals surface area contributed by atoms with Gasteiger partial charge in [0, 0.05) is 18.0 Å². The lowest BCUT2D eigenvalue weighted by molar-refractivity contribution is -0.122. The molecule has 0 spiro atoms. The first-order chi connectivity index (χ1) is 12.6. The second-order valence-electron chi connectivity index (χ2n) is 6.80.